The van der Waals surface area contributed by atoms with Crippen LogP contribution < -0.4 is 7.84 Å². The Hall–Kier alpha value is -2.06. The highest BCUT2D eigenvalue weighted by atomic mass is 32.3. The van der Waals surface area contributed by atoms with Gasteiger partial charge in [0.2, 0.25) is 0 Å². The molecule has 0 saturated heterocycles. The van der Waals surface area contributed by atoms with Gasteiger partial charge < -0.3 is 0 Å². The van der Waals surface area contributed by atoms with Crippen molar-refractivity contribution in [2.24, 2.45) is 0 Å². The van der Waals surface area contributed by atoms with Crippen LogP contribution in [0.3, 0.4) is 0 Å². The van der Waals surface area contributed by atoms with E-state index in [0.717, 1.165) is 18.2 Å². The van der Waals surface area contributed by atoms with Gasteiger partial charge in [-0.1, -0.05) is 22.3 Å². The first kappa shape index (κ1) is 33.9. The molecule has 0 aliphatic carbocycles. The summed E-state index contributed by atoms with van der Waals surface area (Å²) in [5.74, 6) is 0. The predicted octanol–water partition coefficient (Wildman–Crippen LogP) is 2.47. The third-order valence-electron chi connectivity index (χ3n) is 2.82. The SMILES string of the molecule is O=S(=O)(N(c1ccccc1)S(=O)(=O)C(F)(F)F)C(F)(F)F.O=S(=O)(NS(=O)(=O)C(F)(F)F)C(F)(F)F. The lowest BCUT2D eigenvalue weighted by molar-refractivity contribution is -0.0482. The fraction of sp³-hybridized carbons (Fsp3) is 0.400. The summed E-state index contributed by atoms with van der Waals surface area (Å²) in [6.45, 7) is 0. The van der Waals surface area contributed by atoms with Gasteiger partial charge in [-0.15, -0.1) is 3.71 Å². The van der Waals surface area contributed by atoms with Crippen molar-refractivity contribution in [1.29, 1.82) is 0 Å². The van der Waals surface area contributed by atoms with Crippen molar-refractivity contribution >= 4 is 45.8 Å². The van der Waals surface area contributed by atoms with Crippen LogP contribution in [0.2, 0.25) is 0 Å². The summed E-state index contributed by atoms with van der Waals surface area (Å²) < 4.78 is 226. The molecule has 0 bridgehead atoms. The Balaban J connectivity index is 0.000000723. The van der Waals surface area contributed by atoms with E-state index in [0.29, 0.717) is 12.1 Å². The number of benzene rings is 1. The number of nitrogens with one attached hydrogen (secondary N) is 1. The number of rotatable bonds is 5. The van der Waals surface area contributed by atoms with Gasteiger partial charge in [0, 0.05) is 0 Å². The van der Waals surface area contributed by atoms with E-state index in [4.69, 9.17) is 0 Å². The molecule has 0 spiro atoms. The summed E-state index contributed by atoms with van der Waals surface area (Å²) in [4.78, 5) is 0. The zero-order valence-corrected chi connectivity index (χ0v) is 19.0. The molecular formula is C10H6F12N2O8S4. The van der Waals surface area contributed by atoms with Gasteiger partial charge in [-0.2, -0.15) is 69.5 Å². The normalized spacial score (nSPS) is 14.6. The first-order valence-corrected chi connectivity index (χ1v) is 13.2. The highest BCUT2D eigenvalue weighted by molar-refractivity contribution is 8.11. The van der Waals surface area contributed by atoms with Crippen LogP contribution in [0.1, 0.15) is 0 Å². The topological polar surface area (TPSA) is 152 Å². The smallest absolute Gasteiger partial charge is 0.202 e. The van der Waals surface area contributed by atoms with Crippen molar-refractivity contribution < 1.29 is 86.4 Å². The van der Waals surface area contributed by atoms with Crippen molar-refractivity contribution in [1.82, 2.24) is 4.13 Å². The van der Waals surface area contributed by atoms with Gasteiger partial charge >= 0.3 is 62.1 Å². The lowest BCUT2D eigenvalue weighted by Crippen LogP contribution is -2.49. The van der Waals surface area contributed by atoms with Crippen LogP contribution in [0.4, 0.5) is 58.4 Å². The lowest BCUT2D eigenvalue weighted by atomic mass is 10.3. The molecule has 0 aliphatic rings. The van der Waals surface area contributed by atoms with Crippen LogP contribution in [0.5, 0.6) is 0 Å². The number of sulfonamides is 4. The number of hydrogen-bond donors (Lipinski definition) is 1. The Morgan fingerprint density at radius 3 is 1.00 bits per heavy atom. The second kappa shape index (κ2) is 10.0. The van der Waals surface area contributed by atoms with Crippen LogP contribution in [0, 0.1) is 0 Å². The molecule has 0 atom stereocenters. The number of anilines is 1. The van der Waals surface area contributed by atoms with E-state index in [9.17, 15) is 86.4 Å². The monoisotopic (exact) mass is 638 g/mol. The van der Waals surface area contributed by atoms with Crippen molar-refractivity contribution in [2.45, 2.75) is 22.0 Å². The second-order valence-electron chi connectivity index (χ2n) is 5.42. The highest BCUT2D eigenvalue weighted by Crippen LogP contribution is 2.38. The molecule has 0 fully saturated rings. The molecule has 36 heavy (non-hydrogen) atoms. The Bertz CT molecular complexity index is 1260. The Morgan fingerprint density at radius 2 is 0.778 bits per heavy atom. The number of halogens is 12. The van der Waals surface area contributed by atoms with Gasteiger partial charge in [0.1, 0.15) is 0 Å². The second-order valence-corrected chi connectivity index (χ2v) is 12.8. The molecule has 0 amide bonds. The molecule has 0 heterocycles. The first-order valence-electron chi connectivity index (χ1n) is 7.33. The predicted molar refractivity (Wildman–Crippen MR) is 92.0 cm³/mol. The van der Waals surface area contributed by atoms with E-state index in [2.05, 4.69) is 0 Å². The minimum atomic E-state index is -6.81. The number of alkyl halides is 12. The minimum absolute atomic E-state index is 0.479. The quantitative estimate of drug-likeness (QED) is 0.484. The number of para-hydroxylation sites is 1. The molecule has 1 N–H and O–H groups in total. The Morgan fingerprint density at radius 1 is 0.500 bits per heavy atom. The summed E-state index contributed by atoms with van der Waals surface area (Å²) in [5, 5.41) is 0. The maximum absolute atomic E-state index is 12.4. The van der Waals surface area contributed by atoms with E-state index in [1.54, 1.807) is 0 Å². The van der Waals surface area contributed by atoms with Gasteiger partial charge in [-0.25, -0.2) is 16.8 Å². The Kier molecular flexibility index (Phi) is 9.44. The molecule has 0 radical (unpaired) electrons. The molecule has 1 aromatic carbocycles. The van der Waals surface area contributed by atoms with Crippen LogP contribution in [-0.2, 0) is 40.1 Å². The fourth-order valence-electron chi connectivity index (χ4n) is 1.38. The summed E-state index contributed by atoms with van der Waals surface area (Å²) in [7, 11) is -26.8. The Labute approximate surface area is 192 Å². The van der Waals surface area contributed by atoms with Crippen molar-refractivity contribution in [3.63, 3.8) is 0 Å². The zero-order valence-electron chi connectivity index (χ0n) is 15.8. The van der Waals surface area contributed by atoms with Gasteiger partial charge in [0.15, 0.2) is 0 Å². The van der Waals surface area contributed by atoms with Crippen LogP contribution in [0.15, 0.2) is 30.3 Å². The molecule has 0 aliphatic heterocycles. The standard InChI is InChI=1S/C8H5F6NO4S2.C2HF6NO4S2/c9-7(10,11)20(16,17)15(6-4-2-1-3-5-6)21(18,19)8(12,13)14;3-1(4,5)14(10,11)9-15(12,13)2(6,7)8/h1-5H;9H. The molecule has 0 aromatic heterocycles. The molecule has 212 valence electrons. The molecule has 0 saturated carbocycles. The average molecular weight is 638 g/mol. The summed E-state index contributed by atoms with van der Waals surface area (Å²) in [5.41, 5.74) is -26.1. The summed E-state index contributed by atoms with van der Waals surface area (Å²) in [6, 6.07) is 3.85. The fourth-order valence-corrected chi connectivity index (χ4v) is 6.01. The third-order valence-corrected chi connectivity index (χ3v) is 9.43. The highest BCUT2D eigenvalue weighted by Gasteiger charge is 2.61. The van der Waals surface area contributed by atoms with Crippen LogP contribution in [-0.4, -0.2) is 55.7 Å². The molecule has 0 unspecified atom stereocenters. The van der Waals surface area contributed by atoms with E-state index >= 15 is 0 Å². The maximum atomic E-state index is 12.4. The molecule has 10 nitrogen and oxygen atoms in total. The van der Waals surface area contributed by atoms with Crippen molar-refractivity contribution in [2.75, 3.05) is 3.71 Å². The molecule has 26 heteroatoms. The lowest BCUT2D eigenvalue weighted by Gasteiger charge is -2.25. The first-order chi connectivity index (χ1) is 15.4. The summed E-state index contributed by atoms with van der Waals surface area (Å²) in [6.07, 6.45) is 0. The van der Waals surface area contributed by atoms with E-state index in [1.165, 1.54) is 0 Å². The van der Waals surface area contributed by atoms with E-state index in [1.807, 2.05) is 0 Å². The third kappa shape index (κ3) is 7.48. The van der Waals surface area contributed by atoms with Crippen molar-refractivity contribution in [3.05, 3.63) is 30.3 Å². The minimum Gasteiger partial charge on any atom is -0.202 e. The maximum Gasteiger partial charge on any atom is 0.517 e. The molecule has 1 aromatic rings. The average Bonchev–Trinajstić information content (AvgIpc) is 2.58. The molecular weight excluding hydrogens is 632 g/mol. The van der Waals surface area contributed by atoms with Crippen LogP contribution >= 0.6 is 0 Å². The van der Waals surface area contributed by atoms with Gasteiger partial charge in [0.25, 0.3) is 0 Å². The largest absolute Gasteiger partial charge is 0.517 e. The number of hydrogen-bond acceptors (Lipinski definition) is 8. The zero-order chi connectivity index (χ0) is 29.4. The van der Waals surface area contributed by atoms with E-state index in [-0.39, 0.29) is 0 Å². The number of nitrogens with zero attached hydrogens (tertiary/aromatic N) is 1. The van der Waals surface area contributed by atoms with E-state index < -0.39 is 75.7 Å². The van der Waals surface area contributed by atoms with Crippen LogP contribution in [0.25, 0.3) is 0 Å². The van der Waals surface area contributed by atoms with Gasteiger partial charge in [-0.3, -0.25) is 0 Å². The molecule has 1 rings (SSSR count). The van der Waals surface area contributed by atoms with Crippen molar-refractivity contribution in [3.8, 4) is 0 Å². The van der Waals surface area contributed by atoms with Gasteiger partial charge in [0.05, 0.1) is 5.69 Å². The van der Waals surface area contributed by atoms with Gasteiger partial charge in [-0.05, 0) is 12.1 Å². The summed E-state index contributed by atoms with van der Waals surface area (Å²) >= 11 is 0.